The fraction of sp³-hybridized carbons (Fsp3) is 0.952. The lowest BCUT2D eigenvalue weighted by Crippen LogP contribution is -2.52. The summed E-state index contributed by atoms with van der Waals surface area (Å²) in [6.07, 6.45) is 8.58. The summed E-state index contributed by atoms with van der Waals surface area (Å²) in [7, 11) is 0. The lowest BCUT2D eigenvalue weighted by molar-refractivity contribution is -0.130. The minimum atomic E-state index is -0.581. The van der Waals surface area contributed by atoms with Crippen molar-refractivity contribution in [3.05, 3.63) is 0 Å². The molecule has 130 valence electrons. The predicted octanol–water partition coefficient (Wildman–Crippen LogP) is 5.43. The molecule has 0 aromatic rings. The average Bonchev–Trinajstić information content (AvgIpc) is 2.85. The second-order valence-corrected chi connectivity index (χ2v) is 9.72. The monoisotopic (exact) mass is 320 g/mol. The first-order chi connectivity index (χ1) is 10.9. The van der Waals surface area contributed by atoms with Crippen LogP contribution in [-0.4, -0.2) is 12.0 Å². The van der Waals surface area contributed by atoms with Crippen LogP contribution in [0.25, 0.3) is 0 Å². The zero-order valence-electron chi connectivity index (χ0n) is 15.1. The van der Waals surface area contributed by atoms with Gasteiger partial charge in [0.1, 0.15) is 12.0 Å². The summed E-state index contributed by atoms with van der Waals surface area (Å²) in [5.74, 6) is 4.24. The van der Waals surface area contributed by atoms with E-state index in [1.54, 1.807) is 6.92 Å². The number of carbonyl (C=O) groups is 1. The van der Waals surface area contributed by atoms with Crippen molar-refractivity contribution in [1.82, 2.24) is 0 Å². The van der Waals surface area contributed by atoms with Crippen molar-refractivity contribution >= 4 is 5.78 Å². The Hall–Kier alpha value is -0.400. The van der Waals surface area contributed by atoms with Crippen molar-refractivity contribution in [3.63, 3.8) is 0 Å². The highest BCUT2D eigenvalue weighted by atomic mass is 19.1. The maximum atomic E-state index is 15.0. The van der Waals surface area contributed by atoms with Crippen LogP contribution in [0, 0.1) is 46.8 Å². The maximum absolute atomic E-state index is 15.0. The van der Waals surface area contributed by atoms with Crippen molar-refractivity contribution in [2.45, 2.75) is 78.3 Å². The molecule has 0 aliphatic heterocycles. The topological polar surface area (TPSA) is 17.1 Å². The van der Waals surface area contributed by atoms with E-state index >= 15 is 4.39 Å². The molecule has 23 heavy (non-hydrogen) atoms. The highest BCUT2D eigenvalue weighted by Crippen LogP contribution is 2.64. The van der Waals surface area contributed by atoms with Crippen molar-refractivity contribution in [3.8, 4) is 0 Å². The third-order valence-corrected chi connectivity index (χ3v) is 8.71. The smallest absolute Gasteiger partial charge is 0.133 e. The zero-order valence-corrected chi connectivity index (χ0v) is 15.1. The van der Waals surface area contributed by atoms with Crippen LogP contribution in [0.1, 0.15) is 72.1 Å². The van der Waals surface area contributed by atoms with Crippen molar-refractivity contribution in [1.29, 1.82) is 0 Å². The van der Waals surface area contributed by atoms with E-state index in [9.17, 15) is 4.79 Å². The molecule has 0 N–H and O–H groups in total. The fourth-order valence-electron chi connectivity index (χ4n) is 7.69. The Kier molecular flexibility index (Phi) is 3.89. The Labute approximate surface area is 140 Å². The largest absolute Gasteiger partial charge is 0.300 e. The summed E-state index contributed by atoms with van der Waals surface area (Å²) in [4.78, 5) is 12.1. The van der Waals surface area contributed by atoms with Gasteiger partial charge in [0.2, 0.25) is 0 Å². The number of alkyl halides is 1. The van der Waals surface area contributed by atoms with Gasteiger partial charge in [-0.2, -0.15) is 0 Å². The minimum Gasteiger partial charge on any atom is -0.300 e. The van der Waals surface area contributed by atoms with Gasteiger partial charge in [0.25, 0.3) is 0 Å². The molecule has 4 aliphatic carbocycles. The van der Waals surface area contributed by atoms with Crippen molar-refractivity contribution in [2.24, 2.45) is 46.8 Å². The standard InChI is InChI=1S/C21H33FO/c1-12-4-5-14-15-8-9-21(3)18(13(2)23)6-7-19(21)16(15)11-20(22)17(14)10-12/h12,14-20H,4-11H2,1-3H3/t12-,14+,15?,16+,17?,18+,19?,20+,21+/m0/s1. The summed E-state index contributed by atoms with van der Waals surface area (Å²) in [5, 5.41) is 0. The number of ketones is 1. The summed E-state index contributed by atoms with van der Waals surface area (Å²) in [6.45, 7) is 6.44. The van der Waals surface area contributed by atoms with E-state index < -0.39 is 6.17 Å². The van der Waals surface area contributed by atoms with Crippen LogP contribution in [0.5, 0.6) is 0 Å². The highest BCUT2D eigenvalue weighted by molar-refractivity contribution is 5.79. The first kappa shape index (κ1) is 16.1. The molecule has 4 aliphatic rings. The number of carbonyl (C=O) groups excluding carboxylic acids is 1. The third kappa shape index (κ3) is 2.34. The van der Waals surface area contributed by atoms with Gasteiger partial charge in [0.05, 0.1) is 0 Å². The Balaban J connectivity index is 1.60. The van der Waals surface area contributed by atoms with Gasteiger partial charge in [-0.15, -0.1) is 0 Å². The van der Waals surface area contributed by atoms with Crippen LogP contribution in [0.15, 0.2) is 0 Å². The number of rotatable bonds is 1. The molecule has 0 amide bonds. The fourth-order valence-corrected chi connectivity index (χ4v) is 7.69. The normalized spacial score (nSPS) is 55.7. The Bertz CT molecular complexity index is 488. The quantitative estimate of drug-likeness (QED) is 0.630. The molecule has 0 aromatic heterocycles. The third-order valence-electron chi connectivity index (χ3n) is 8.71. The van der Waals surface area contributed by atoms with Gasteiger partial charge in [-0.1, -0.05) is 20.3 Å². The van der Waals surface area contributed by atoms with Gasteiger partial charge >= 0.3 is 0 Å². The number of fused-ring (bicyclic) bond motifs is 5. The van der Waals surface area contributed by atoms with Gasteiger partial charge in [-0.05, 0) is 92.8 Å². The van der Waals surface area contributed by atoms with Crippen LogP contribution < -0.4 is 0 Å². The summed E-state index contributed by atoms with van der Waals surface area (Å²) < 4.78 is 15.0. The van der Waals surface area contributed by atoms with E-state index in [1.165, 1.54) is 32.1 Å². The molecular weight excluding hydrogens is 287 g/mol. The number of hydrogen-bond donors (Lipinski definition) is 0. The first-order valence-corrected chi connectivity index (χ1v) is 10.1. The first-order valence-electron chi connectivity index (χ1n) is 10.1. The van der Waals surface area contributed by atoms with Gasteiger partial charge in [-0.25, -0.2) is 4.39 Å². The average molecular weight is 320 g/mol. The second-order valence-electron chi connectivity index (χ2n) is 9.72. The predicted molar refractivity (Wildman–Crippen MR) is 90.7 cm³/mol. The summed E-state index contributed by atoms with van der Waals surface area (Å²) in [5.41, 5.74) is 0.168. The summed E-state index contributed by atoms with van der Waals surface area (Å²) >= 11 is 0. The molecule has 0 bridgehead atoms. The molecule has 2 heteroatoms. The maximum Gasteiger partial charge on any atom is 0.133 e. The van der Waals surface area contributed by atoms with Crippen molar-refractivity contribution < 1.29 is 9.18 Å². The van der Waals surface area contributed by atoms with E-state index in [4.69, 9.17) is 0 Å². The van der Waals surface area contributed by atoms with Crippen LogP contribution >= 0.6 is 0 Å². The number of hydrogen-bond acceptors (Lipinski definition) is 1. The number of Topliss-reactive ketones (excluding diaryl/α,β-unsaturated/α-hetero) is 1. The van der Waals surface area contributed by atoms with E-state index in [1.807, 2.05) is 0 Å². The molecule has 1 nitrogen and oxygen atoms in total. The molecule has 4 fully saturated rings. The van der Waals surface area contributed by atoms with Gasteiger partial charge in [-0.3, -0.25) is 4.79 Å². The highest BCUT2D eigenvalue weighted by Gasteiger charge is 2.59. The molecule has 0 heterocycles. The molecule has 4 saturated carbocycles. The van der Waals surface area contributed by atoms with Gasteiger partial charge in [0, 0.05) is 5.92 Å². The Morgan fingerprint density at radius 3 is 2.43 bits per heavy atom. The van der Waals surface area contributed by atoms with Gasteiger partial charge < -0.3 is 0 Å². The molecule has 0 spiro atoms. The van der Waals surface area contributed by atoms with Gasteiger partial charge in [0.15, 0.2) is 0 Å². The SMILES string of the molecule is CC(=O)[C@H]1CCC2[C@@H]3C[C@@H](F)C4C[C@@H](C)CC[C@@H]4C3CC[C@@]21C. The Morgan fingerprint density at radius 2 is 1.70 bits per heavy atom. The van der Waals surface area contributed by atoms with Crippen LogP contribution in [-0.2, 0) is 4.79 Å². The lowest BCUT2D eigenvalue weighted by atomic mass is 9.49. The second kappa shape index (κ2) is 5.56. The lowest BCUT2D eigenvalue weighted by Gasteiger charge is -2.56. The summed E-state index contributed by atoms with van der Waals surface area (Å²) in [6, 6.07) is 0. The molecule has 3 unspecified atom stereocenters. The molecular formula is C21H33FO. The zero-order chi connectivity index (χ0) is 16.4. The molecule has 0 aromatic carbocycles. The van der Waals surface area contributed by atoms with Crippen molar-refractivity contribution in [2.75, 3.05) is 0 Å². The minimum absolute atomic E-state index is 0.168. The molecule has 4 rings (SSSR count). The Morgan fingerprint density at radius 1 is 0.957 bits per heavy atom. The van der Waals surface area contributed by atoms with E-state index in [-0.39, 0.29) is 11.3 Å². The molecule has 0 radical (unpaired) electrons. The van der Waals surface area contributed by atoms with E-state index in [2.05, 4.69) is 13.8 Å². The van der Waals surface area contributed by atoms with Crippen LogP contribution in [0.3, 0.4) is 0 Å². The van der Waals surface area contributed by atoms with Crippen LogP contribution in [0.2, 0.25) is 0 Å². The van der Waals surface area contributed by atoms with Crippen LogP contribution in [0.4, 0.5) is 4.39 Å². The van der Waals surface area contributed by atoms with E-state index in [0.29, 0.717) is 35.4 Å². The number of halogens is 1. The molecule has 0 saturated heterocycles. The van der Waals surface area contributed by atoms with E-state index in [0.717, 1.165) is 25.2 Å². The molecule has 9 atom stereocenters.